The molecule has 0 heterocycles. The van der Waals surface area contributed by atoms with Crippen LogP contribution >= 0.6 is 11.6 Å². The third kappa shape index (κ3) is 3.96. The number of benzene rings is 1. The second kappa shape index (κ2) is 5.71. The van der Waals surface area contributed by atoms with E-state index in [1.165, 1.54) is 24.4 Å². The van der Waals surface area contributed by atoms with E-state index < -0.39 is 11.8 Å². The smallest absolute Gasteiger partial charge is 0.329 e. The minimum absolute atomic E-state index is 0.0233. The number of nitrogens with one attached hydrogen (secondary N) is 2. The van der Waals surface area contributed by atoms with E-state index in [1.807, 2.05) is 0 Å². The number of phenolic OH excluding ortho intramolecular Hbond substituents is 1. The highest BCUT2D eigenvalue weighted by molar-refractivity contribution is 6.35. The first-order chi connectivity index (χ1) is 9.06. The van der Waals surface area contributed by atoms with Gasteiger partial charge >= 0.3 is 11.8 Å². The lowest BCUT2D eigenvalue weighted by Gasteiger charge is -2.01. The number of carbonyl (C=O) groups excluding carboxylic acids is 2. The molecule has 6 nitrogen and oxygen atoms in total. The molecular weight excluding hydrogens is 270 g/mol. The van der Waals surface area contributed by atoms with Crippen molar-refractivity contribution in [1.82, 2.24) is 10.7 Å². The van der Waals surface area contributed by atoms with Crippen LogP contribution < -0.4 is 10.7 Å². The summed E-state index contributed by atoms with van der Waals surface area (Å²) < 4.78 is 0. The Balaban J connectivity index is 1.89. The Kier molecular flexibility index (Phi) is 4.01. The van der Waals surface area contributed by atoms with Crippen LogP contribution in [0.5, 0.6) is 5.75 Å². The minimum atomic E-state index is -0.843. The van der Waals surface area contributed by atoms with Crippen molar-refractivity contribution in [3.05, 3.63) is 28.8 Å². The number of hydrogen-bond donors (Lipinski definition) is 3. The predicted octanol–water partition coefficient (Wildman–Crippen LogP) is 0.774. The molecule has 0 aromatic heterocycles. The van der Waals surface area contributed by atoms with Crippen LogP contribution in [0.15, 0.2) is 23.3 Å². The first-order valence-electron chi connectivity index (χ1n) is 5.68. The van der Waals surface area contributed by atoms with Gasteiger partial charge in [0, 0.05) is 16.6 Å². The van der Waals surface area contributed by atoms with Gasteiger partial charge in [-0.25, -0.2) is 5.43 Å². The summed E-state index contributed by atoms with van der Waals surface area (Å²) in [6, 6.07) is 4.53. The van der Waals surface area contributed by atoms with E-state index in [9.17, 15) is 14.7 Å². The van der Waals surface area contributed by atoms with Crippen LogP contribution in [0.25, 0.3) is 0 Å². The van der Waals surface area contributed by atoms with E-state index in [0.717, 1.165) is 12.8 Å². The summed E-state index contributed by atoms with van der Waals surface area (Å²) in [5.74, 6) is -1.58. The van der Waals surface area contributed by atoms with Gasteiger partial charge in [-0.05, 0) is 31.0 Å². The summed E-state index contributed by atoms with van der Waals surface area (Å²) >= 11 is 5.75. The third-order valence-corrected chi connectivity index (χ3v) is 2.71. The van der Waals surface area contributed by atoms with Gasteiger partial charge in [0.05, 0.1) is 6.21 Å². The van der Waals surface area contributed by atoms with Crippen molar-refractivity contribution < 1.29 is 14.7 Å². The largest absolute Gasteiger partial charge is 0.507 e. The molecule has 0 bridgehead atoms. The Bertz CT molecular complexity index is 541. The van der Waals surface area contributed by atoms with Gasteiger partial charge < -0.3 is 10.4 Å². The fraction of sp³-hybridized carbons (Fsp3) is 0.250. The van der Waals surface area contributed by atoms with Crippen LogP contribution in [0.4, 0.5) is 0 Å². The number of aromatic hydroxyl groups is 1. The number of rotatable bonds is 3. The van der Waals surface area contributed by atoms with Gasteiger partial charge in [0.25, 0.3) is 0 Å². The molecule has 0 saturated heterocycles. The lowest BCUT2D eigenvalue weighted by atomic mass is 10.2. The first kappa shape index (κ1) is 13.4. The van der Waals surface area contributed by atoms with Gasteiger partial charge in [0.1, 0.15) is 5.75 Å². The van der Waals surface area contributed by atoms with E-state index in [1.54, 1.807) is 0 Å². The van der Waals surface area contributed by atoms with Crippen molar-refractivity contribution in [3.63, 3.8) is 0 Å². The van der Waals surface area contributed by atoms with E-state index in [4.69, 9.17) is 11.6 Å². The van der Waals surface area contributed by atoms with Gasteiger partial charge in [-0.1, -0.05) is 11.6 Å². The van der Waals surface area contributed by atoms with Gasteiger partial charge in [-0.3, -0.25) is 9.59 Å². The molecule has 100 valence electrons. The molecule has 19 heavy (non-hydrogen) atoms. The maximum Gasteiger partial charge on any atom is 0.329 e. The summed E-state index contributed by atoms with van der Waals surface area (Å²) in [6.45, 7) is 0. The summed E-state index contributed by atoms with van der Waals surface area (Å²) in [5.41, 5.74) is 2.42. The van der Waals surface area contributed by atoms with Crippen molar-refractivity contribution in [1.29, 1.82) is 0 Å². The molecule has 0 atom stereocenters. The predicted molar refractivity (Wildman–Crippen MR) is 70.0 cm³/mol. The number of hydrazone groups is 1. The molecule has 0 radical (unpaired) electrons. The molecule has 0 spiro atoms. The van der Waals surface area contributed by atoms with Crippen LogP contribution in [0.3, 0.4) is 0 Å². The molecule has 0 unspecified atom stereocenters. The Labute approximate surface area is 114 Å². The average Bonchev–Trinajstić information content (AvgIpc) is 3.17. The van der Waals surface area contributed by atoms with Gasteiger partial charge in [-0.2, -0.15) is 5.10 Å². The van der Waals surface area contributed by atoms with E-state index in [2.05, 4.69) is 15.8 Å². The standard InChI is InChI=1S/C12H12ClN3O3/c13-8-1-4-10(17)7(5-8)6-14-16-12(19)11(18)15-9-2-3-9/h1,4-6,9,17H,2-3H2,(H,15,18)(H,16,19)/b14-6+. The van der Waals surface area contributed by atoms with Crippen molar-refractivity contribution in [3.8, 4) is 5.75 Å². The van der Waals surface area contributed by atoms with Crippen LogP contribution in [0.1, 0.15) is 18.4 Å². The highest BCUT2D eigenvalue weighted by atomic mass is 35.5. The molecule has 2 amide bonds. The monoisotopic (exact) mass is 281 g/mol. The average molecular weight is 282 g/mol. The number of carbonyl (C=O) groups is 2. The summed E-state index contributed by atoms with van der Waals surface area (Å²) in [7, 11) is 0. The topological polar surface area (TPSA) is 90.8 Å². The highest BCUT2D eigenvalue weighted by Crippen LogP contribution is 2.19. The maximum absolute atomic E-state index is 11.3. The lowest BCUT2D eigenvalue weighted by Crippen LogP contribution is -2.38. The van der Waals surface area contributed by atoms with Crippen molar-refractivity contribution in [2.45, 2.75) is 18.9 Å². The lowest BCUT2D eigenvalue weighted by molar-refractivity contribution is -0.139. The first-order valence-corrected chi connectivity index (χ1v) is 6.06. The zero-order valence-corrected chi connectivity index (χ0v) is 10.6. The molecule has 1 fully saturated rings. The van der Waals surface area contributed by atoms with Crippen molar-refractivity contribution >= 4 is 29.6 Å². The van der Waals surface area contributed by atoms with Crippen LogP contribution in [0.2, 0.25) is 5.02 Å². The Morgan fingerprint density at radius 1 is 1.37 bits per heavy atom. The van der Waals surface area contributed by atoms with Gasteiger partial charge in [0.15, 0.2) is 0 Å². The second-order valence-corrected chi connectivity index (χ2v) is 4.59. The van der Waals surface area contributed by atoms with E-state index >= 15 is 0 Å². The van der Waals surface area contributed by atoms with Crippen molar-refractivity contribution in [2.75, 3.05) is 0 Å². The van der Waals surface area contributed by atoms with E-state index in [0.29, 0.717) is 10.6 Å². The summed E-state index contributed by atoms with van der Waals surface area (Å²) in [4.78, 5) is 22.6. The van der Waals surface area contributed by atoms with Crippen LogP contribution in [-0.2, 0) is 9.59 Å². The Morgan fingerprint density at radius 3 is 2.79 bits per heavy atom. The quantitative estimate of drug-likeness (QED) is 0.434. The normalized spacial score (nSPS) is 14.4. The number of phenols is 1. The minimum Gasteiger partial charge on any atom is -0.507 e. The fourth-order valence-electron chi connectivity index (χ4n) is 1.32. The molecule has 1 saturated carbocycles. The molecule has 1 aliphatic carbocycles. The molecule has 0 aliphatic heterocycles. The van der Waals surface area contributed by atoms with Crippen LogP contribution in [0, 0.1) is 0 Å². The maximum atomic E-state index is 11.3. The summed E-state index contributed by atoms with van der Waals surface area (Å²) in [5, 5.41) is 16.0. The molecule has 1 aliphatic rings. The second-order valence-electron chi connectivity index (χ2n) is 4.15. The molecule has 1 aromatic rings. The summed E-state index contributed by atoms with van der Waals surface area (Å²) in [6.07, 6.45) is 3.01. The molecule has 7 heteroatoms. The number of nitrogens with zero attached hydrogens (tertiary/aromatic N) is 1. The Hall–Kier alpha value is -2.08. The van der Waals surface area contributed by atoms with Crippen molar-refractivity contribution in [2.24, 2.45) is 5.10 Å². The molecule has 1 aromatic carbocycles. The number of hydrogen-bond acceptors (Lipinski definition) is 4. The zero-order chi connectivity index (χ0) is 13.8. The SMILES string of the molecule is O=C(N/N=C/c1cc(Cl)ccc1O)C(=O)NC1CC1. The number of halogens is 1. The number of amides is 2. The molecular formula is C12H12ClN3O3. The van der Waals surface area contributed by atoms with Crippen LogP contribution in [-0.4, -0.2) is 29.2 Å². The zero-order valence-electron chi connectivity index (χ0n) is 9.89. The molecule has 2 rings (SSSR count). The van der Waals surface area contributed by atoms with Gasteiger partial charge in [0.2, 0.25) is 0 Å². The molecule has 3 N–H and O–H groups in total. The van der Waals surface area contributed by atoms with Gasteiger partial charge in [-0.15, -0.1) is 0 Å². The Morgan fingerprint density at radius 2 is 2.11 bits per heavy atom. The third-order valence-electron chi connectivity index (χ3n) is 2.48. The fourth-order valence-corrected chi connectivity index (χ4v) is 1.50. The highest BCUT2D eigenvalue weighted by Gasteiger charge is 2.26. The van der Waals surface area contributed by atoms with E-state index in [-0.39, 0.29) is 11.8 Å².